The van der Waals surface area contributed by atoms with E-state index < -0.39 is 0 Å². The zero-order chi connectivity index (χ0) is 21.7. The van der Waals surface area contributed by atoms with Crippen molar-refractivity contribution in [3.05, 3.63) is 46.8 Å². The van der Waals surface area contributed by atoms with Gasteiger partial charge in [-0.1, -0.05) is 18.2 Å². The van der Waals surface area contributed by atoms with Gasteiger partial charge in [-0.3, -0.25) is 14.7 Å². The second kappa shape index (κ2) is 9.78. The van der Waals surface area contributed by atoms with E-state index in [0.29, 0.717) is 25.2 Å². The molecule has 7 nitrogen and oxygen atoms in total. The molecule has 1 aliphatic rings. The van der Waals surface area contributed by atoms with Crippen molar-refractivity contribution in [2.75, 3.05) is 26.2 Å². The van der Waals surface area contributed by atoms with Gasteiger partial charge in [0.15, 0.2) is 6.61 Å². The zero-order valence-corrected chi connectivity index (χ0v) is 18.4. The number of hydrogen-bond acceptors (Lipinski definition) is 4. The minimum atomic E-state index is -0.190. The van der Waals surface area contributed by atoms with E-state index in [1.54, 1.807) is 11.1 Å². The first-order valence-electron chi connectivity index (χ1n) is 10.8. The highest BCUT2D eigenvalue weighted by molar-refractivity contribution is 5.95. The number of hydrogen-bond donors (Lipinski definition) is 1. The molecule has 0 spiro atoms. The Morgan fingerprint density at radius 2 is 1.90 bits per heavy atom. The number of likely N-dealkylation sites (tertiary alicyclic amines) is 1. The van der Waals surface area contributed by atoms with Gasteiger partial charge in [-0.05, 0) is 58.1 Å². The van der Waals surface area contributed by atoms with Gasteiger partial charge in [-0.15, -0.1) is 0 Å². The summed E-state index contributed by atoms with van der Waals surface area (Å²) < 4.78 is 5.91. The number of para-hydroxylation sites is 1. The average molecular weight is 413 g/mol. The van der Waals surface area contributed by atoms with Crippen LogP contribution in [0.4, 0.5) is 0 Å². The molecule has 1 aliphatic heterocycles. The van der Waals surface area contributed by atoms with Crippen LogP contribution in [0.25, 0.3) is 0 Å². The number of benzene rings is 1. The molecule has 1 fully saturated rings. The molecular formula is C23H32N4O3. The van der Waals surface area contributed by atoms with Crippen molar-refractivity contribution >= 4 is 11.8 Å². The SMILES string of the molecule is CCN(CC)C(=O)c1cn[nH]c1[C@H]1CCCCN1C(=O)COc1c(C)cccc1C. The Morgan fingerprint density at radius 3 is 2.57 bits per heavy atom. The fraction of sp³-hybridized carbons (Fsp3) is 0.522. The van der Waals surface area contributed by atoms with Gasteiger partial charge in [0.25, 0.3) is 11.8 Å². The molecule has 1 atom stereocenters. The van der Waals surface area contributed by atoms with Crippen LogP contribution in [0, 0.1) is 13.8 Å². The van der Waals surface area contributed by atoms with E-state index in [2.05, 4.69) is 10.2 Å². The number of amides is 2. The van der Waals surface area contributed by atoms with Crippen LogP contribution in [-0.4, -0.2) is 58.1 Å². The van der Waals surface area contributed by atoms with Crippen LogP contribution >= 0.6 is 0 Å². The number of rotatable bonds is 7. The van der Waals surface area contributed by atoms with Crippen molar-refractivity contribution < 1.29 is 14.3 Å². The van der Waals surface area contributed by atoms with E-state index in [1.807, 2.05) is 50.8 Å². The highest BCUT2D eigenvalue weighted by atomic mass is 16.5. The van der Waals surface area contributed by atoms with Crippen LogP contribution in [-0.2, 0) is 4.79 Å². The summed E-state index contributed by atoms with van der Waals surface area (Å²) in [6, 6.07) is 5.75. The van der Waals surface area contributed by atoms with Crippen LogP contribution in [0.2, 0.25) is 0 Å². The molecule has 2 aromatic rings. The smallest absolute Gasteiger partial charge is 0.261 e. The van der Waals surface area contributed by atoms with Gasteiger partial charge in [0, 0.05) is 19.6 Å². The maximum absolute atomic E-state index is 13.1. The van der Waals surface area contributed by atoms with Gasteiger partial charge < -0.3 is 14.5 Å². The monoisotopic (exact) mass is 412 g/mol. The predicted octanol–water partition coefficient (Wildman–Crippen LogP) is 3.64. The lowest BCUT2D eigenvalue weighted by molar-refractivity contribution is -0.137. The fourth-order valence-corrected chi connectivity index (χ4v) is 4.18. The lowest BCUT2D eigenvalue weighted by Gasteiger charge is -2.35. The van der Waals surface area contributed by atoms with E-state index in [-0.39, 0.29) is 24.5 Å². The van der Waals surface area contributed by atoms with E-state index in [4.69, 9.17) is 4.74 Å². The lowest BCUT2D eigenvalue weighted by atomic mass is 9.96. The first-order valence-corrected chi connectivity index (χ1v) is 10.8. The summed E-state index contributed by atoms with van der Waals surface area (Å²) in [6.07, 6.45) is 4.33. The highest BCUT2D eigenvalue weighted by Gasteiger charge is 2.33. The van der Waals surface area contributed by atoms with Crippen LogP contribution in [0.3, 0.4) is 0 Å². The Bertz CT molecular complexity index is 868. The summed E-state index contributed by atoms with van der Waals surface area (Å²) in [5, 5.41) is 7.14. The molecule has 0 radical (unpaired) electrons. The number of H-pyrrole nitrogens is 1. The van der Waals surface area contributed by atoms with Gasteiger partial charge >= 0.3 is 0 Å². The second-order valence-electron chi connectivity index (χ2n) is 7.78. The molecule has 0 saturated carbocycles. The van der Waals surface area contributed by atoms with Crippen LogP contribution in [0.5, 0.6) is 5.75 Å². The Kier molecular flexibility index (Phi) is 7.13. The van der Waals surface area contributed by atoms with Crippen molar-refractivity contribution in [3.8, 4) is 5.75 Å². The number of aromatic nitrogens is 2. The van der Waals surface area contributed by atoms with Crippen molar-refractivity contribution in [1.29, 1.82) is 0 Å². The Balaban J connectivity index is 1.78. The molecule has 0 bridgehead atoms. The molecule has 1 N–H and O–H groups in total. The maximum atomic E-state index is 13.1. The topological polar surface area (TPSA) is 78.5 Å². The lowest BCUT2D eigenvalue weighted by Crippen LogP contribution is -2.42. The Hall–Kier alpha value is -2.83. The summed E-state index contributed by atoms with van der Waals surface area (Å²) in [6.45, 7) is 9.78. The maximum Gasteiger partial charge on any atom is 0.261 e. The Labute approximate surface area is 178 Å². The van der Waals surface area contributed by atoms with E-state index >= 15 is 0 Å². The van der Waals surface area contributed by atoms with Crippen LogP contribution in [0.15, 0.2) is 24.4 Å². The minimum Gasteiger partial charge on any atom is -0.483 e. The molecule has 0 aliphatic carbocycles. The quantitative estimate of drug-likeness (QED) is 0.753. The van der Waals surface area contributed by atoms with Crippen molar-refractivity contribution in [2.24, 2.45) is 0 Å². The number of ether oxygens (including phenoxy) is 1. The molecule has 1 aromatic carbocycles. The summed E-state index contributed by atoms with van der Waals surface area (Å²) in [7, 11) is 0. The number of nitrogens with zero attached hydrogens (tertiary/aromatic N) is 3. The number of nitrogens with one attached hydrogen (secondary N) is 1. The van der Waals surface area contributed by atoms with Gasteiger partial charge in [-0.25, -0.2) is 0 Å². The molecule has 1 saturated heterocycles. The molecule has 1 aromatic heterocycles. The van der Waals surface area contributed by atoms with Gasteiger partial charge in [-0.2, -0.15) is 5.10 Å². The minimum absolute atomic E-state index is 0.0182. The Morgan fingerprint density at radius 1 is 1.20 bits per heavy atom. The standard InChI is InChI=1S/C23H32N4O3/c1-5-26(6-2)23(29)18-14-24-25-21(18)19-12-7-8-13-27(19)20(28)15-30-22-16(3)10-9-11-17(22)4/h9-11,14,19H,5-8,12-13,15H2,1-4H3,(H,24,25)/t19-/m1/s1. The highest BCUT2D eigenvalue weighted by Crippen LogP contribution is 2.32. The molecule has 30 heavy (non-hydrogen) atoms. The molecule has 2 heterocycles. The van der Waals surface area contributed by atoms with Gasteiger partial charge in [0.1, 0.15) is 5.75 Å². The van der Waals surface area contributed by atoms with E-state index in [9.17, 15) is 9.59 Å². The molecule has 7 heteroatoms. The molecule has 0 unspecified atom stereocenters. The van der Waals surface area contributed by atoms with Crippen LogP contribution < -0.4 is 4.74 Å². The summed E-state index contributed by atoms with van der Waals surface area (Å²) >= 11 is 0. The third-order valence-corrected chi connectivity index (χ3v) is 5.85. The fourth-order valence-electron chi connectivity index (χ4n) is 4.18. The molecule has 3 rings (SSSR count). The van der Waals surface area contributed by atoms with E-state index in [1.165, 1.54) is 0 Å². The second-order valence-corrected chi connectivity index (χ2v) is 7.78. The van der Waals surface area contributed by atoms with Crippen molar-refractivity contribution in [1.82, 2.24) is 20.0 Å². The van der Waals surface area contributed by atoms with Gasteiger partial charge in [0.2, 0.25) is 0 Å². The molecule has 2 amide bonds. The van der Waals surface area contributed by atoms with Crippen molar-refractivity contribution in [2.45, 2.75) is 53.0 Å². The normalized spacial score (nSPS) is 16.4. The summed E-state index contributed by atoms with van der Waals surface area (Å²) in [5.74, 6) is 0.644. The van der Waals surface area contributed by atoms with Gasteiger partial charge in [0.05, 0.1) is 23.5 Å². The summed E-state index contributed by atoms with van der Waals surface area (Å²) in [5.41, 5.74) is 3.31. The first kappa shape index (κ1) is 21.9. The van der Waals surface area contributed by atoms with Crippen LogP contribution in [0.1, 0.15) is 66.3 Å². The third kappa shape index (κ3) is 4.50. The van der Waals surface area contributed by atoms with E-state index in [0.717, 1.165) is 41.8 Å². The number of aromatic amines is 1. The number of carbonyl (C=O) groups is 2. The number of carbonyl (C=O) groups excluding carboxylic acids is 2. The molecule has 162 valence electrons. The third-order valence-electron chi connectivity index (χ3n) is 5.85. The average Bonchev–Trinajstić information content (AvgIpc) is 3.23. The summed E-state index contributed by atoms with van der Waals surface area (Å²) in [4.78, 5) is 29.6. The number of piperidine rings is 1. The van der Waals surface area contributed by atoms with Crippen molar-refractivity contribution in [3.63, 3.8) is 0 Å². The number of aryl methyl sites for hydroxylation is 2. The largest absolute Gasteiger partial charge is 0.483 e. The molecular weight excluding hydrogens is 380 g/mol. The predicted molar refractivity (Wildman–Crippen MR) is 116 cm³/mol. The zero-order valence-electron chi connectivity index (χ0n) is 18.4. The first-order chi connectivity index (χ1) is 14.5.